The minimum absolute atomic E-state index is 0.0522. The van der Waals surface area contributed by atoms with Crippen molar-refractivity contribution in [1.82, 2.24) is 34.8 Å². The lowest BCUT2D eigenvalue weighted by Crippen LogP contribution is -2.38. The zero-order valence-corrected chi connectivity index (χ0v) is 42.5. The number of hydrogen-bond donors (Lipinski definition) is 0. The molecule has 0 radical (unpaired) electrons. The molecule has 1 saturated heterocycles. The van der Waals surface area contributed by atoms with Crippen molar-refractivity contribution in [2.75, 3.05) is 39.5 Å². The predicted molar refractivity (Wildman–Crippen MR) is 276 cm³/mol. The molecule has 2 saturated carbocycles. The second-order valence-corrected chi connectivity index (χ2v) is 19.6. The first-order valence-electron chi connectivity index (χ1n) is 25.1. The van der Waals surface area contributed by atoms with Gasteiger partial charge < -0.3 is 18.9 Å². The number of halogens is 5. The number of morpholine rings is 1. The van der Waals surface area contributed by atoms with Crippen molar-refractivity contribution in [1.29, 1.82) is 0 Å². The Bertz CT molecular complexity index is 3560. The van der Waals surface area contributed by atoms with E-state index in [0.717, 1.165) is 19.6 Å². The number of carbonyl (C=O) groups is 4. The Labute approximate surface area is 449 Å². The van der Waals surface area contributed by atoms with E-state index in [-0.39, 0.29) is 94.1 Å². The molecule has 3 aliphatic rings. The van der Waals surface area contributed by atoms with Gasteiger partial charge in [-0.15, -0.1) is 0 Å². The number of aromatic nitrogens is 6. The Morgan fingerprint density at radius 3 is 1.44 bits per heavy atom. The van der Waals surface area contributed by atoms with E-state index in [4.69, 9.17) is 30.5 Å². The molecule has 398 valence electrons. The highest BCUT2D eigenvalue weighted by Gasteiger charge is 2.55. The van der Waals surface area contributed by atoms with Crippen LogP contribution in [0.1, 0.15) is 47.9 Å². The first-order valence-corrected chi connectivity index (χ1v) is 25.5. The van der Waals surface area contributed by atoms with Crippen LogP contribution in [0.2, 0.25) is 5.15 Å². The summed E-state index contributed by atoms with van der Waals surface area (Å²) in [6.07, 6.45) is 7.60. The molecule has 15 nitrogen and oxygen atoms in total. The van der Waals surface area contributed by atoms with Crippen molar-refractivity contribution < 1.29 is 55.7 Å². The number of rotatable bonds is 20. The van der Waals surface area contributed by atoms with Crippen LogP contribution in [-0.2, 0) is 49.6 Å². The van der Waals surface area contributed by atoms with Crippen LogP contribution in [0.15, 0.2) is 122 Å². The maximum atomic E-state index is 15.2. The summed E-state index contributed by atoms with van der Waals surface area (Å²) in [6, 6.07) is 22.9. The second-order valence-electron chi connectivity index (χ2n) is 19.2. The van der Waals surface area contributed by atoms with Gasteiger partial charge in [0.1, 0.15) is 23.4 Å². The van der Waals surface area contributed by atoms with E-state index >= 15 is 4.39 Å². The first-order chi connectivity index (χ1) is 37.7. The quantitative estimate of drug-likeness (QED) is 0.0518. The standard InChI is InChI=1S/C32H30F2N4O5.C26H18ClF2N3O3/c33-23-4-1-21(2-5-23)18-27(39)32(8-9-32)28(40)19-22-3-6-25(24(34)17-22)43-26-7-10-35-31-30(26)37-29(20-36-31)42-16-13-38-11-14-41-15-12-38;27-23-14-31-25-24(32-23)20(7-10-30-25)35-19-6-3-16(11-18(19)29)13-22(34)26(8-9-26)21(33)12-15-1-4-17(28)5-2-15/h1-7,10,17,20H,8-9,11-16,18-19H2;1-7,10-11,14H,8-9,12-13H2. The second kappa shape index (κ2) is 23.2. The fraction of sp³-hybridized carbons (Fsp3) is 0.276. The lowest BCUT2D eigenvalue weighted by atomic mass is 9.88. The van der Waals surface area contributed by atoms with Gasteiger partial charge in [-0.3, -0.25) is 24.1 Å². The van der Waals surface area contributed by atoms with E-state index in [1.165, 1.54) is 91.5 Å². The molecular weight excluding hydrogens is 1030 g/mol. The van der Waals surface area contributed by atoms with Gasteiger partial charge in [0, 0.05) is 69.8 Å². The number of Topliss-reactive ketones (excluding diaryl/α,β-unsaturated/α-hetero) is 4. The molecule has 0 N–H and O–H groups in total. The lowest BCUT2D eigenvalue weighted by molar-refractivity contribution is -0.135. The van der Waals surface area contributed by atoms with Crippen molar-refractivity contribution in [2.45, 2.75) is 51.4 Å². The normalized spacial score (nSPS) is 15.2. The fourth-order valence-corrected chi connectivity index (χ4v) is 9.24. The van der Waals surface area contributed by atoms with E-state index in [1.54, 1.807) is 30.3 Å². The lowest BCUT2D eigenvalue weighted by Gasteiger charge is -2.26. The minimum Gasteiger partial charge on any atom is -0.475 e. The number of benzene rings is 4. The minimum atomic E-state index is -1.06. The molecule has 0 unspecified atom stereocenters. The van der Waals surface area contributed by atoms with Gasteiger partial charge >= 0.3 is 0 Å². The summed E-state index contributed by atoms with van der Waals surface area (Å²) >= 11 is 5.91. The molecule has 1 aliphatic heterocycles. The van der Waals surface area contributed by atoms with E-state index in [0.29, 0.717) is 90.4 Å². The van der Waals surface area contributed by atoms with Crippen LogP contribution < -0.4 is 14.2 Å². The van der Waals surface area contributed by atoms with Gasteiger partial charge in [0.2, 0.25) is 5.88 Å². The molecule has 20 heteroatoms. The van der Waals surface area contributed by atoms with Crippen LogP contribution in [0.25, 0.3) is 22.3 Å². The number of carbonyl (C=O) groups excluding carboxylic acids is 4. The Morgan fingerprint density at radius 2 is 0.974 bits per heavy atom. The molecule has 0 atom stereocenters. The Kier molecular flexibility index (Phi) is 15.9. The first kappa shape index (κ1) is 53.3. The number of ether oxygens (including phenoxy) is 4. The Balaban J connectivity index is 0.000000180. The van der Waals surface area contributed by atoms with Gasteiger partial charge in [-0.2, -0.15) is 0 Å². The van der Waals surface area contributed by atoms with Gasteiger partial charge in [0.05, 0.1) is 36.4 Å². The molecule has 11 rings (SSSR count). The number of pyridine rings is 2. The zero-order chi connectivity index (χ0) is 54.4. The fourth-order valence-electron chi connectivity index (χ4n) is 9.10. The SMILES string of the molecule is O=C(Cc1ccc(F)cc1)C1(C(=O)Cc2ccc(Oc3ccnc4ncc(Cl)nc34)c(F)c2)CC1.O=C(Cc1ccc(F)cc1)C1(C(=O)Cc2ccc(Oc3ccnc4ncc(OCCN5CCOCC5)nc34)c(F)c2)CC1. The predicted octanol–water partition coefficient (Wildman–Crippen LogP) is 9.96. The number of hydrogen-bond acceptors (Lipinski definition) is 15. The van der Waals surface area contributed by atoms with Crippen LogP contribution in [0, 0.1) is 34.1 Å². The summed E-state index contributed by atoms with van der Waals surface area (Å²) in [6.45, 7) is 4.26. The van der Waals surface area contributed by atoms with Crippen molar-refractivity contribution in [3.05, 3.63) is 173 Å². The average Bonchev–Trinajstić information content (AvgIpc) is 4.49. The highest BCUT2D eigenvalue weighted by molar-refractivity contribution is 6.29. The summed E-state index contributed by atoms with van der Waals surface area (Å²) in [4.78, 5) is 79.4. The van der Waals surface area contributed by atoms with Crippen LogP contribution >= 0.6 is 11.6 Å². The van der Waals surface area contributed by atoms with Crippen molar-refractivity contribution in [3.63, 3.8) is 0 Å². The van der Waals surface area contributed by atoms with E-state index < -0.39 is 22.5 Å². The smallest absolute Gasteiger partial charge is 0.233 e. The molecule has 4 aromatic heterocycles. The van der Waals surface area contributed by atoms with Crippen LogP contribution in [0.3, 0.4) is 0 Å². The number of nitrogens with zero attached hydrogens (tertiary/aromatic N) is 7. The Morgan fingerprint density at radius 1 is 0.538 bits per heavy atom. The maximum absolute atomic E-state index is 15.2. The number of fused-ring (bicyclic) bond motifs is 2. The molecule has 0 spiro atoms. The topological polar surface area (TPSA) is 186 Å². The third kappa shape index (κ3) is 12.5. The van der Waals surface area contributed by atoms with Gasteiger partial charge in [-0.05, 0) is 96.5 Å². The third-order valence-corrected chi connectivity index (χ3v) is 14.1. The largest absolute Gasteiger partial charge is 0.475 e. The highest BCUT2D eigenvalue weighted by Crippen LogP contribution is 2.50. The molecule has 0 amide bonds. The van der Waals surface area contributed by atoms with Gasteiger partial charge in [-0.1, -0.05) is 48.0 Å². The summed E-state index contributed by atoms with van der Waals surface area (Å²) in [7, 11) is 0. The third-order valence-electron chi connectivity index (χ3n) is 13.9. The van der Waals surface area contributed by atoms with Crippen LogP contribution in [0.5, 0.6) is 28.9 Å². The van der Waals surface area contributed by atoms with Crippen molar-refractivity contribution in [2.24, 2.45) is 10.8 Å². The van der Waals surface area contributed by atoms with Gasteiger partial charge in [-0.25, -0.2) is 47.5 Å². The van der Waals surface area contributed by atoms with Crippen LogP contribution in [-0.4, -0.2) is 97.4 Å². The highest BCUT2D eigenvalue weighted by atomic mass is 35.5. The molecule has 3 fully saturated rings. The summed E-state index contributed by atoms with van der Waals surface area (Å²) in [5.41, 5.74) is 1.29. The van der Waals surface area contributed by atoms with Gasteiger partial charge in [0.15, 0.2) is 80.1 Å². The Hall–Kier alpha value is -8.13. The summed E-state index contributed by atoms with van der Waals surface area (Å²) < 4.78 is 79.1. The molecule has 5 heterocycles. The number of ketones is 4. The monoisotopic (exact) mass is 1080 g/mol. The maximum Gasteiger partial charge on any atom is 0.233 e. The molecule has 4 aromatic carbocycles. The molecular formula is C58H48ClF4N7O8. The molecule has 8 aromatic rings. The summed E-state index contributed by atoms with van der Waals surface area (Å²) in [5.74, 6) is -2.33. The molecule has 0 bridgehead atoms. The van der Waals surface area contributed by atoms with E-state index in [1.807, 2.05) is 0 Å². The van der Waals surface area contributed by atoms with E-state index in [9.17, 15) is 32.3 Å². The van der Waals surface area contributed by atoms with E-state index in [2.05, 4.69) is 34.8 Å². The average molecular weight is 1080 g/mol. The van der Waals surface area contributed by atoms with Crippen LogP contribution in [0.4, 0.5) is 17.6 Å². The van der Waals surface area contributed by atoms with Crippen molar-refractivity contribution >= 4 is 57.1 Å². The molecule has 78 heavy (non-hydrogen) atoms. The summed E-state index contributed by atoms with van der Waals surface area (Å²) in [5, 5.41) is 0.146. The van der Waals surface area contributed by atoms with Crippen molar-refractivity contribution in [3.8, 4) is 28.9 Å². The molecule has 2 aliphatic carbocycles. The zero-order valence-electron chi connectivity index (χ0n) is 41.7. The van der Waals surface area contributed by atoms with Gasteiger partial charge in [0.25, 0.3) is 0 Å².